The summed E-state index contributed by atoms with van der Waals surface area (Å²) >= 11 is 0. The number of halogens is 1. The topological polar surface area (TPSA) is 77.5 Å². The lowest BCUT2D eigenvalue weighted by atomic mass is 9.57. The first-order valence-corrected chi connectivity index (χ1v) is 13.0. The van der Waals surface area contributed by atoms with E-state index >= 15 is 0 Å². The number of allylic oxidation sites excluding steroid dienone is 1. The molecule has 7 heteroatoms. The molecule has 3 fully saturated rings. The predicted octanol–water partition coefficient (Wildman–Crippen LogP) is 5.63. The number of pyridine rings is 1. The molecule has 1 amide bonds. The van der Waals surface area contributed by atoms with Crippen LogP contribution < -0.4 is 5.32 Å². The van der Waals surface area contributed by atoms with Gasteiger partial charge in [0.1, 0.15) is 11.9 Å². The molecule has 7 atom stereocenters. The van der Waals surface area contributed by atoms with E-state index in [0.29, 0.717) is 18.4 Å². The Hall–Kier alpha value is -3.22. The molecule has 190 valence electrons. The van der Waals surface area contributed by atoms with Crippen LogP contribution in [-0.2, 0) is 14.3 Å². The monoisotopic (exact) mass is 492 g/mol. The molecule has 1 aromatic heterocycles. The van der Waals surface area contributed by atoms with Gasteiger partial charge in [-0.1, -0.05) is 24.3 Å². The maximum Gasteiger partial charge on any atom is 0.407 e. The molecule has 5 rings (SSSR count). The second kappa shape index (κ2) is 10.4. The molecule has 2 aliphatic carbocycles. The molecular formula is C29H33FN2O4. The number of cyclic esters (lactones) is 1. The summed E-state index contributed by atoms with van der Waals surface area (Å²) in [4.78, 5) is 29.2. The largest absolute Gasteiger partial charge is 0.462 e. The normalized spacial score (nSPS) is 31.4. The van der Waals surface area contributed by atoms with Gasteiger partial charge in [0.15, 0.2) is 0 Å². The number of carbonyl (C=O) groups excluding carboxylic acids is 2. The Bertz CT molecular complexity index is 1130. The fourth-order valence-electron chi connectivity index (χ4n) is 6.64. The second-order valence-corrected chi connectivity index (χ2v) is 10.3. The summed E-state index contributed by atoms with van der Waals surface area (Å²) in [7, 11) is 0. The summed E-state index contributed by atoms with van der Waals surface area (Å²) in [6, 6.07) is 10.4. The van der Waals surface area contributed by atoms with E-state index in [-0.39, 0.29) is 47.8 Å². The molecule has 1 saturated heterocycles. The fraction of sp³-hybridized carbons (Fsp3) is 0.483. The molecule has 2 aromatic rings. The van der Waals surface area contributed by atoms with Gasteiger partial charge in [0.2, 0.25) is 0 Å². The summed E-state index contributed by atoms with van der Waals surface area (Å²) in [5.74, 6) is 0.629. The average Bonchev–Trinajstić information content (AvgIpc) is 3.15. The smallest absolute Gasteiger partial charge is 0.407 e. The standard InChI is InChI=1S/C29H33FN2O4/c1-3-35-29(34)32-23-10-11-24-20(14-23)15-26-27(17(2)36-28(26)33)25(24)12-9-22-8-7-19(16-31-22)18-5-4-6-21(30)13-18/h4-9,12-13,16-17,20,23-27H,3,10-11,14-15H2,1-2H3,(H,32,34)/b12-9+/t17-,20-,23+,24+,25-,26+,27+/m0/s1. The van der Waals surface area contributed by atoms with E-state index in [4.69, 9.17) is 9.47 Å². The molecule has 36 heavy (non-hydrogen) atoms. The van der Waals surface area contributed by atoms with Gasteiger partial charge < -0.3 is 14.8 Å². The van der Waals surface area contributed by atoms with Crippen molar-refractivity contribution < 1.29 is 23.5 Å². The Morgan fingerprint density at radius 3 is 2.83 bits per heavy atom. The highest BCUT2D eigenvalue weighted by molar-refractivity contribution is 5.75. The number of hydrogen-bond donors (Lipinski definition) is 1. The number of ether oxygens (including phenoxy) is 2. The van der Waals surface area contributed by atoms with Crippen molar-refractivity contribution in [3.8, 4) is 11.1 Å². The van der Waals surface area contributed by atoms with Gasteiger partial charge in [-0.3, -0.25) is 9.78 Å². The van der Waals surface area contributed by atoms with E-state index < -0.39 is 0 Å². The van der Waals surface area contributed by atoms with E-state index in [2.05, 4.69) is 16.4 Å². The number of hydrogen-bond acceptors (Lipinski definition) is 5. The molecule has 1 aromatic carbocycles. The molecule has 1 aliphatic heterocycles. The van der Waals surface area contributed by atoms with E-state index in [1.165, 1.54) is 12.1 Å². The van der Waals surface area contributed by atoms with E-state index in [0.717, 1.165) is 42.5 Å². The highest BCUT2D eigenvalue weighted by atomic mass is 19.1. The van der Waals surface area contributed by atoms with Crippen LogP contribution in [0.2, 0.25) is 0 Å². The Balaban J connectivity index is 1.34. The highest BCUT2D eigenvalue weighted by Crippen LogP contribution is 2.53. The third kappa shape index (κ3) is 5.01. The zero-order valence-electron chi connectivity index (χ0n) is 20.7. The number of carbonyl (C=O) groups is 2. The van der Waals surface area contributed by atoms with Crippen molar-refractivity contribution in [1.82, 2.24) is 10.3 Å². The van der Waals surface area contributed by atoms with Crippen LogP contribution in [0.4, 0.5) is 9.18 Å². The Morgan fingerprint density at radius 1 is 1.22 bits per heavy atom. The number of benzene rings is 1. The number of nitrogens with zero attached hydrogens (tertiary/aromatic N) is 1. The van der Waals surface area contributed by atoms with Gasteiger partial charge >= 0.3 is 12.1 Å². The first-order valence-electron chi connectivity index (χ1n) is 13.0. The summed E-state index contributed by atoms with van der Waals surface area (Å²) in [5, 5.41) is 3.00. The number of rotatable bonds is 5. The van der Waals surface area contributed by atoms with Crippen LogP contribution in [0.1, 0.15) is 45.2 Å². The summed E-state index contributed by atoms with van der Waals surface area (Å²) in [6.07, 6.45) is 9.07. The zero-order valence-corrected chi connectivity index (χ0v) is 20.7. The Morgan fingerprint density at radius 2 is 2.08 bits per heavy atom. The summed E-state index contributed by atoms with van der Waals surface area (Å²) in [6.45, 7) is 4.15. The summed E-state index contributed by atoms with van der Waals surface area (Å²) in [5.41, 5.74) is 2.48. The van der Waals surface area contributed by atoms with Gasteiger partial charge in [-0.2, -0.15) is 0 Å². The van der Waals surface area contributed by atoms with Crippen molar-refractivity contribution in [2.24, 2.45) is 29.6 Å². The molecule has 2 saturated carbocycles. The van der Waals surface area contributed by atoms with E-state index in [1.54, 1.807) is 19.2 Å². The number of alkyl carbamates (subject to hydrolysis) is 1. The Labute approximate surface area is 211 Å². The quantitative estimate of drug-likeness (QED) is 0.548. The van der Waals surface area contributed by atoms with Crippen LogP contribution in [-0.4, -0.2) is 35.8 Å². The lowest BCUT2D eigenvalue weighted by Gasteiger charge is -2.47. The third-order valence-electron chi connectivity index (χ3n) is 8.18. The maximum atomic E-state index is 13.6. The van der Waals surface area contributed by atoms with Crippen LogP contribution in [0.3, 0.4) is 0 Å². The van der Waals surface area contributed by atoms with Crippen molar-refractivity contribution in [3.05, 3.63) is 60.2 Å². The van der Waals surface area contributed by atoms with E-state index in [1.807, 2.05) is 31.2 Å². The third-order valence-corrected chi connectivity index (χ3v) is 8.18. The average molecular weight is 493 g/mol. The van der Waals surface area contributed by atoms with Crippen LogP contribution in [0.5, 0.6) is 0 Å². The maximum absolute atomic E-state index is 13.6. The molecule has 0 radical (unpaired) electrons. The minimum Gasteiger partial charge on any atom is -0.462 e. The molecule has 3 aliphatic rings. The van der Waals surface area contributed by atoms with Crippen molar-refractivity contribution in [2.75, 3.05) is 6.61 Å². The van der Waals surface area contributed by atoms with Gasteiger partial charge in [0.25, 0.3) is 0 Å². The van der Waals surface area contributed by atoms with Gasteiger partial charge in [-0.25, -0.2) is 9.18 Å². The van der Waals surface area contributed by atoms with Crippen molar-refractivity contribution in [3.63, 3.8) is 0 Å². The zero-order chi connectivity index (χ0) is 25.2. The van der Waals surface area contributed by atoms with Crippen LogP contribution in [0, 0.1) is 35.4 Å². The van der Waals surface area contributed by atoms with Gasteiger partial charge in [-0.15, -0.1) is 0 Å². The SMILES string of the molecule is CCOC(=O)N[C@@H]1CC[C@@H]2[C@@H](C1)C[C@H]1C(=O)O[C@@H](C)[C@@H]1[C@H]2/C=C/c1ccc(-c2cccc(F)c2)cn1. The highest BCUT2D eigenvalue weighted by Gasteiger charge is 2.54. The first kappa shape index (κ1) is 24.5. The van der Waals surface area contributed by atoms with Crippen molar-refractivity contribution in [1.29, 1.82) is 0 Å². The lowest BCUT2D eigenvalue weighted by molar-refractivity contribution is -0.144. The molecule has 6 nitrogen and oxygen atoms in total. The van der Waals surface area contributed by atoms with Crippen molar-refractivity contribution >= 4 is 18.1 Å². The second-order valence-electron chi connectivity index (χ2n) is 10.3. The molecule has 1 N–H and O–H groups in total. The number of fused-ring (bicyclic) bond motifs is 2. The van der Waals surface area contributed by atoms with Crippen molar-refractivity contribution in [2.45, 2.75) is 51.7 Å². The molecule has 0 spiro atoms. The molecular weight excluding hydrogens is 459 g/mol. The summed E-state index contributed by atoms with van der Waals surface area (Å²) < 4.78 is 24.3. The number of amides is 1. The molecule has 0 unspecified atom stereocenters. The number of nitrogens with one attached hydrogen (secondary N) is 1. The fourth-order valence-corrected chi connectivity index (χ4v) is 6.64. The van der Waals surface area contributed by atoms with Crippen LogP contribution >= 0.6 is 0 Å². The number of aromatic nitrogens is 1. The lowest BCUT2D eigenvalue weighted by Crippen LogP contribution is -2.48. The van der Waals surface area contributed by atoms with E-state index in [9.17, 15) is 14.0 Å². The van der Waals surface area contributed by atoms with Crippen LogP contribution in [0.25, 0.3) is 17.2 Å². The van der Waals surface area contributed by atoms with Gasteiger partial charge in [0, 0.05) is 23.7 Å². The number of esters is 1. The predicted molar refractivity (Wildman–Crippen MR) is 134 cm³/mol. The van der Waals surface area contributed by atoms with Gasteiger partial charge in [-0.05, 0) is 87.1 Å². The minimum atomic E-state index is -0.368. The van der Waals surface area contributed by atoms with Gasteiger partial charge in [0.05, 0.1) is 18.2 Å². The minimum absolute atomic E-state index is 0.0679. The molecule has 0 bridgehead atoms. The van der Waals surface area contributed by atoms with Crippen LogP contribution in [0.15, 0.2) is 48.7 Å². The Kier molecular flexibility index (Phi) is 7.08. The molecule has 2 heterocycles. The first-order chi connectivity index (χ1) is 17.4.